The first-order chi connectivity index (χ1) is 11.4. The second-order valence-corrected chi connectivity index (χ2v) is 6.83. The van der Waals surface area contributed by atoms with Crippen LogP contribution in [0.3, 0.4) is 0 Å². The van der Waals surface area contributed by atoms with Crippen molar-refractivity contribution in [2.45, 2.75) is 33.1 Å². The Balaban J connectivity index is 1.83. The van der Waals surface area contributed by atoms with Crippen LogP contribution in [0.2, 0.25) is 0 Å². The van der Waals surface area contributed by atoms with Gasteiger partial charge < -0.3 is 5.32 Å². The van der Waals surface area contributed by atoms with E-state index in [2.05, 4.69) is 48.7 Å². The van der Waals surface area contributed by atoms with E-state index in [1.54, 1.807) is 6.21 Å². The molecule has 0 heterocycles. The van der Waals surface area contributed by atoms with Gasteiger partial charge >= 0.3 is 0 Å². The van der Waals surface area contributed by atoms with Crippen molar-refractivity contribution >= 4 is 17.8 Å². The first-order valence-electron chi connectivity index (χ1n) is 8.08. The minimum atomic E-state index is -0.180. The molecule has 24 heavy (non-hydrogen) atoms. The van der Waals surface area contributed by atoms with Gasteiger partial charge in [-0.2, -0.15) is 5.10 Å². The molecule has 1 amide bonds. The Labute approximate surface area is 144 Å². The highest BCUT2D eigenvalue weighted by Crippen LogP contribution is 2.21. The maximum Gasteiger partial charge on any atom is 0.259 e. The molecule has 0 aromatic heterocycles. The van der Waals surface area contributed by atoms with Gasteiger partial charge in [-0.25, -0.2) is 5.43 Å². The highest BCUT2D eigenvalue weighted by Gasteiger charge is 2.12. The first kappa shape index (κ1) is 17.7. The third kappa shape index (κ3) is 5.23. The lowest BCUT2D eigenvalue weighted by molar-refractivity contribution is -0.119. The average Bonchev–Trinajstić information content (AvgIpc) is 2.54. The number of carbonyl (C=O) groups is 1. The van der Waals surface area contributed by atoms with E-state index in [1.807, 2.05) is 43.3 Å². The fourth-order valence-electron chi connectivity index (χ4n) is 2.23. The standard InChI is InChI=1S/C20H25N3O/c1-15-7-5-6-8-18(15)21-14-19(24)23-22-13-16-9-11-17(12-10-16)20(2,3)4/h5-13,21H,14H2,1-4H3,(H,23,24)/b22-13+. The molecule has 2 aromatic carbocycles. The van der Waals surface area contributed by atoms with Crippen LogP contribution in [0.1, 0.15) is 37.5 Å². The van der Waals surface area contributed by atoms with Gasteiger partial charge in [0.15, 0.2) is 0 Å². The van der Waals surface area contributed by atoms with Crippen molar-refractivity contribution in [2.24, 2.45) is 5.10 Å². The normalized spacial score (nSPS) is 11.5. The van der Waals surface area contributed by atoms with Crippen molar-refractivity contribution in [1.29, 1.82) is 0 Å². The van der Waals surface area contributed by atoms with Crippen LogP contribution in [0.4, 0.5) is 5.69 Å². The number of carbonyl (C=O) groups excluding carboxylic acids is 1. The number of nitrogens with one attached hydrogen (secondary N) is 2. The number of nitrogens with zero attached hydrogens (tertiary/aromatic N) is 1. The highest BCUT2D eigenvalue weighted by molar-refractivity contribution is 5.84. The number of para-hydroxylation sites is 1. The van der Waals surface area contributed by atoms with Crippen LogP contribution in [0.15, 0.2) is 53.6 Å². The maximum absolute atomic E-state index is 11.8. The monoisotopic (exact) mass is 323 g/mol. The molecule has 0 spiro atoms. The summed E-state index contributed by atoms with van der Waals surface area (Å²) in [6, 6.07) is 16.0. The molecule has 0 unspecified atom stereocenters. The predicted octanol–water partition coefficient (Wildman–Crippen LogP) is 3.85. The summed E-state index contributed by atoms with van der Waals surface area (Å²) in [7, 11) is 0. The smallest absolute Gasteiger partial charge is 0.259 e. The van der Waals surface area contributed by atoms with Gasteiger partial charge in [-0.05, 0) is 35.1 Å². The van der Waals surface area contributed by atoms with Gasteiger partial charge in [0.2, 0.25) is 0 Å². The molecule has 0 saturated carbocycles. The van der Waals surface area contributed by atoms with Gasteiger partial charge in [-0.1, -0.05) is 63.2 Å². The van der Waals surface area contributed by atoms with Gasteiger partial charge in [0.1, 0.15) is 0 Å². The molecular formula is C20H25N3O. The van der Waals surface area contributed by atoms with E-state index in [4.69, 9.17) is 0 Å². The summed E-state index contributed by atoms with van der Waals surface area (Å²) in [5.74, 6) is -0.180. The summed E-state index contributed by atoms with van der Waals surface area (Å²) in [6.45, 7) is 8.72. The number of hydrogen-bond acceptors (Lipinski definition) is 3. The molecule has 4 heteroatoms. The maximum atomic E-state index is 11.8. The topological polar surface area (TPSA) is 53.5 Å². The van der Waals surface area contributed by atoms with Crippen molar-refractivity contribution in [2.75, 3.05) is 11.9 Å². The van der Waals surface area contributed by atoms with Crippen LogP contribution in [0, 0.1) is 6.92 Å². The van der Waals surface area contributed by atoms with Crippen LogP contribution in [0.5, 0.6) is 0 Å². The quantitative estimate of drug-likeness (QED) is 0.648. The first-order valence-corrected chi connectivity index (χ1v) is 8.08. The van der Waals surface area contributed by atoms with Gasteiger partial charge in [-0.3, -0.25) is 4.79 Å². The molecule has 0 atom stereocenters. The molecule has 126 valence electrons. The molecular weight excluding hydrogens is 298 g/mol. The predicted molar refractivity (Wildman–Crippen MR) is 101 cm³/mol. The molecule has 4 nitrogen and oxygen atoms in total. The van der Waals surface area contributed by atoms with E-state index < -0.39 is 0 Å². The third-order valence-electron chi connectivity index (χ3n) is 3.76. The molecule has 2 N–H and O–H groups in total. The van der Waals surface area contributed by atoms with Gasteiger partial charge in [0, 0.05) is 5.69 Å². The second-order valence-electron chi connectivity index (χ2n) is 6.83. The van der Waals surface area contributed by atoms with Gasteiger partial charge in [0.25, 0.3) is 5.91 Å². The Kier molecular flexibility index (Phi) is 5.74. The van der Waals surface area contributed by atoms with Crippen LogP contribution < -0.4 is 10.7 Å². The number of hydrazone groups is 1. The number of rotatable bonds is 5. The molecule has 0 aliphatic carbocycles. The Morgan fingerprint density at radius 1 is 1.08 bits per heavy atom. The Morgan fingerprint density at radius 3 is 2.38 bits per heavy atom. The summed E-state index contributed by atoms with van der Waals surface area (Å²) < 4.78 is 0. The Morgan fingerprint density at radius 2 is 1.75 bits per heavy atom. The van der Waals surface area contributed by atoms with Gasteiger partial charge in [0.05, 0.1) is 12.8 Å². The average molecular weight is 323 g/mol. The summed E-state index contributed by atoms with van der Waals surface area (Å²) in [4.78, 5) is 11.8. The second kappa shape index (κ2) is 7.77. The van der Waals surface area contributed by atoms with Gasteiger partial charge in [-0.15, -0.1) is 0 Å². The summed E-state index contributed by atoms with van der Waals surface area (Å²) in [6.07, 6.45) is 1.65. The molecule has 0 aliphatic rings. The van der Waals surface area contributed by atoms with E-state index in [9.17, 15) is 4.79 Å². The molecule has 2 rings (SSSR count). The van der Waals surface area contributed by atoms with Crippen LogP contribution in [-0.4, -0.2) is 18.7 Å². The number of amides is 1. The van der Waals surface area contributed by atoms with Crippen LogP contribution in [-0.2, 0) is 10.2 Å². The minimum Gasteiger partial charge on any atom is -0.376 e. The van der Waals surface area contributed by atoms with Crippen molar-refractivity contribution in [1.82, 2.24) is 5.43 Å². The largest absolute Gasteiger partial charge is 0.376 e. The lowest BCUT2D eigenvalue weighted by atomic mass is 9.87. The van der Waals surface area contributed by atoms with Crippen LogP contribution in [0.25, 0.3) is 0 Å². The van der Waals surface area contributed by atoms with E-state index in [0.717, 1.165) is 16.8 Å². The Hall–Kier alpha value is -2.62. The summed E-state index contributed by atoms with van der Waals surface area (Å²) in [5, 5.41) is 7.10. The number of benzene rings is 2. The number of anilines is 1. The zero-order valence-corrected chi connectivity index (χ0v) is 14.8. The van der Waals surface area contributed by atoms with E-state index in [1.165, 1.54) is 5.56 Å². The fraction of sp³-hybridized carbons (Fsp3) is 0.300. The van der Waals surface area contributed by atoms with E-state index in [-0.39, 0.29) is 17.9 Å². The molecule has 0 radical (unpaired) electrons. The lowest BCUT2D eigenvalue weighted by Gasteiger charge is -2.18. The number of hydrogen-bond donors (Lipinski definition) is 2. The summed E-state index contributed by atoms with van der Waals surface area (Å²) >= 11 is 0. The third-order valence-corrected chi connectivity index (χ3v) is 3.76. The fourth-order valence-corrected chi connectivity index (χ4v) is 2.23. The summed E-state index contributed by atoms with van der Waals surface area (Å²) in [5.41, 5.74) is 6.94. The zero-order chi connectivity index (χ0) is 17.6. The minimum absolute atomic E-state index is 0.130. The van der Waals surface area contributed by atoms with E-state index in [0.29, 0.717) is 0 Å². The highest BCUT2D eigenvalue weighted by atomic mass is 16.2. The zero-order valence-electron chi connectivity index (χ0n) is 14.8. The number of aryl methyl sites for hydroxylation is 1. The Bertz CT molecular complexity index is 712. The van der Waals surface area contributed by atoms with Crippen LogP contribution >= 0.6 is 0 Å². The molecule has 0 saturated heterocycles. The lowest BCUT2D eigenvalue weighted by Crippen LogP contribution is -2.26. The molecule has 0 fully saturated rings. The van der Waals surface area contributed by atoms with Crippen molar-refractivity contribution < 1.29 is 4.79 Å². The van der Waals surface area contributed by atoms with Crippen molar-refractivity contribution in [3.63, 3.8) is 0 Å². The van der Waals surface area contributed by atoms with Crippen molar-refractivity contribution in [3.8, 4) is 0 Å². The van der Waals surface area contributed by atoms with Crippen molar-refractivity contribution in [3.05, 3.63) is 65.2 Å². The molecule has 0 aliphatic heterocycles. The molecule has 0 bridgehead atoms. The SMILES string of the molecule is Cc1ccccc1NCC(=O)N/N=C/c1ccc(C(C)(C)C)cc1. The molecule has 2 aromatic rings. The van der Waals surface area contributed by atoms with E-state index >= 15 is 0 Å².